The van der Waals surface area contributed by atoms with Gasteiger partial charge in [0.15, 0.2) is 0 Å². The van der Waals surface area contributed by atoms with Crippen molar-refractivity contribution in [1.29, 1.82) is 15.8 Å². The lowest BCUT2D eigenvalue weighted by molar-refractivity contribution is 0.630. The van der Waals surface area contributed by atoms with Crippen molar-refractivity contribution in [3.05, 3.63) is 29.6 Å². The van der Waals surface area contributed by atoms with Crippen molar-refractivity contribution in [2.45, 2.75) is 26.3 Å². The molecular weight excluding hydrogens is 212 g/mol. The van der Waals surface area contributed by atoms with E-state index in [1.165, 1.54) is 0 Å². The third-order valence-electron chi connectivity index (χ3n) is 2.42. The van der Waals surface area contributed by atoms with Crippen LogP contribution in [0.3, 0.4) is 0 Å². The Kier molecular flexibility index (Phi) is 4.55. The van der Waals surface area contributed by atoms with Gasteiger partial charge in [-0.3, -0.25) is 0 Å². The van der Waals surface area contributed by atoms with Gasteiger partial charge in [-0.1, -0.05) is 13.3 Å². The van der Waals surface area contributed by atoms with Gasteiger partial charge in [-0.15, -0.1) is 0 Å². The van der Waals surface area contributed by atoms with Gasteiger partial charge < -0.3 is 4.57 Å². The van der Waals surface area contributed by atoms with E-state index in [0.717, 1.165) is 19.4 Å². The van der Waals surface area contributed by atoms with Gasteiger partial charge in [0.2, 0.25) is 0 Å². The molecule has 0 atom stereocenters. The van der Waals surface area contributed by atoms with Crippen LogP contribution in [0, 0.1) is 34.0 Å². The molecule has 0 fully saturated rings. The summed E-state index contributed by atoms with van der Waals surface area (Å²) in [5.41, 5.74) is 0.652. The molecular formula is C13H12N4. The highest BCUT2D eigenvalue weighted by Gasteiger charge is 2.12. The molecule has 1 aromatic rings. The number of unbranched alkanes of at least 4 members (excludes halogenated alkanes) is 1. The Labute approximate surface area is 101 Å². The molecule has 4 nitrogen and oxygen atoms in total. The molecule has 0 saturated heterocycles. The van der Waals surface area contributed by atoms with Crippen LogP contribution in [-0.2, 0) is 6.54 Å². The Bertz CT molecular complexity index is 527. The van der Waals surface area contributed by atoms with E-state index in [4.69, 9.17) is 15.8 Å². The maximum Gasteiger partial charge on any atom is 0.149 e. The van der Waals surface area contributed by atoms with E-state index in [1.54, 1.807) is 18.2 Å². The predicted molar refractivity (Wildman–Crippen MR) is 63.1 cm³/mol. The highest BCUT2D eigenvalue weighted by Crippen LogP contribution is 2.19. The molecule has 4 heteroatoms. The lowest BCUT2D eigenvalue weighted by atomic mass is 10.1. The lowest BCUT2D eigenvalue weighted by Crippen LogP contribution is -2.01. The van der Waals surface area contributed by atoms with E-state index in [-0.39, 0.29) is 11.1 Å². The first-order valence-corrected chi connectivity index (χ1v) is 5.38. The number of rotatable bonds is 4. The first kappa shape index (κ1) is 12.6. The molecule has 84 valence electrons. The highest BCUT2D eigenvalue weighted by atomic mass is 15.0. The lowest BCUT2D eigenvalue weighted by Gasteiger charge is -2.07. The topological polar surface area (TPSA) is 76.3 Å². The van der Waals surface area contributed by atoms with Crippen molar-refractivity contribution in [2.24, 2.45) is 0 Å². The van der Waals surface area contributed by atoms with Crippen molar-refractivity contribution in [3.8, 4) is 18.2 Å². The number of nitrogens with zero attached hydrogens (tertiary/aromatic N) is 4. The second kappa shape index (κ2) is 6.16. The fraction of sp³-hybridized carbons (Fsp3) is 0.308. The van der Waals surface area contributed by atoms with Crippen molar-refractivity contribution in [3.63, 3.8) is 0 Å². The van der Waals surface area contributed by atoms with Crippen LogP contribution in [0.5, 0.6) is 0 Å². The Morgan fingerprint density at radius 3 is 2.47 bits per heavy atom. The summed E-state index contributed by atoms with van der Waals surface area (Å²) in [6.07, 6.45) is 3.90. The zero-order valence-corrected chi connectivity index (χ0v) is 9.64. The minimum Gasteiger partial charge on any atom is -0.347 e. The Morgan fingerprint density at radius 2 is 1.94 bits per heavy atom. The number of aryl methyl sites for hydroxylation is 1. The monoisotopic (exact) mass is 224 g/mol. The molecule has 0 saturated carbocycles. The number of nitriles is 3. The van der Waals surface area contributed by atoms with Gasteiger partial charge in [-0.25, -0.2) is 0 Å². The van der Waals surface area contributed by atoms with Crippen molar-refractivity contribution in [1.82, 2.24) is 4.57 Å². The SMILES string of the molecule is CCCCn1cccc1C(C#N)=C(C#N)C#N. The van der Waals surface area contributed by atoms with Crippen LogP contribution in [0.15, 0.2) is 23.9 Å². The minimum absolute atomic E-state index is 0.135. The predicted octanol–water partition coefficient (Wildman–Crippen LogP) is 2.61. The molecule has 1 heterocycles. The van der Waals surface area contributed by atoms with Crippen LogP contribution in [0.4, 0.5) is 0 Å². The largest absolute Gasteiger partial charge is 0.347 e. The molecule has 0 aliphatic carbocycles. The second-order valence-corrected chi connectivity index (χ2v) is 3.53. The van der Waals surface area contributed by atoms with E-state index >= 15 is 0 Å². The Morgan fingerprint density at radius 1 is 1.24 bits per heavy atom. The maximum absolute atomic E-state index is 9.06. The zero-order valence-electron chi connectivity index (χ0n) is 9.64. The van der Waals surface area contributed by atoms with Crippen LogP contribution in [-0.4, -0.2) is 4.57 Å². The van der Waals surface area contributed by atoms with Gasteiger partial charge in [0.25, 0.3) is 0 Å². The molecule has 0 N–H and O–H groups in total. The van der Waals surface area contributed by atoms with Gasteiger partial charge in [-0.05, 0) is 18.6 Å². The van der Waals surface area contributed by atoms with E-state index < -0.39 is 0 Å². The summed E-state index contributed by atoms with van der Waals surface area (Å²) >= 11 is 0. The summed E-state index contributed by atoms with van der Waals surface area (Å²) < 4.78 is 1.90. The molecule has 0 radical (unpaired) electrons. The summed E-state index contributed by atoms with van der Waals surface area (Å²) in [6, 6.07) is 9.02. The molecule has 0 aliphatic rings. The fourth-order valence-corrected chi connectivity index (χ4v) is 1.54. The van der Waals surface area contributed by atoms with Gasteiger partial charge in [-0.2, -0.15) is 15.8 Å². The molecule has 0 amide bonds. The summed E-state index contributed by atoms with van der Waals surface area (Å²) in [4.78, 5) is 0. The number of hydrogen-bond acceptors (Lipinski definition) is 3. The number of aromatic nitrogens is 1. The van der Waals surface area contributed by atoms with E-state index in [1.807, 2.05) is 22.9 Å². The standard InChI is InChI=1S/C13H12N4/c1-2-3-6-17-7-4-5-13(17)12(10-16)11(8-14)9-15/h4-5,7H,2-3,6H2,1H3. The molecule has 1 aromatic heterocycles. The average molecular weight is 224 g/mol. The molecule has 0 aromatic carbocycles. The van der Waals surface area contributed by atoms with Crippen LogP contribution >= 0.6 is 0 Å². The molecule has 0 aliphatic heterocycles. The Hall–Kier alpha value is -2.51. The first-order valence-electron chi connectivity index (χ1n) is 5.38. The quantitative estimate of drug-likeness (QED) is 0.737. The molecule has 1 rings (SSSR count). The van der Waals surface area contributed by atoms with Crippen LogP contribution in [0.2, 0.25) is 0 Å². The van der Waals surface area contributed by atoms with Crippen LogP contribution in [0.1, 0.15) is 25.5 Å². The molecule has 0 spiro atoms. The first-order chi connectivity index (χ1) is 8.28. The zero-order chi connectivity index (χ0) is 12.7. The molecule has 0 bridgehead atoms. The summed E-state index contributed by atoms with van der Waals surface area (Å²) in [7, 11) is 0. The number of hydrogen-bond donors (Lipinski definition) is 0. The third-order valence-corrected chi connectivity index (χ3v) is 2.42. The van der Waals surface area contributed by atoms with Crippen LogP contribution in [0.25, 0.3) is 5.57 Å². The second-order valence-electron chi connectivity index (χ2n) is 3.53. The van der Waals surface area contributed by atoms with E-state index in [2.05, 4.69) is 6.92 Å². The van der Waals surface area contributed by atoms with Gasteiger partial charge >= 0.3 is 0 Å². The van der Waals surface area contributed by atoms with Crippen molar-refractivity contribution in [2.75, 3.05) is 0 Å². The summed E-state index contributed by atoms with van der Waals surface area (Å²) in [5.74, 6) is 0. The highest BCUT2D eigenvalue weighted by molar-refractivity contribution is 5.83. The van der Waals surface area contributed by atoms with E-state index in [0.29, 0.717) is 5.69 Å². The summed E-state index contributed by atoms with van der Waals surface area (Å²) in [5, 5.41) is 26.7. The minimum atomic E-state index is -0.135. The Balaban J connectivity index is 3.21. The molecule has 0 unspecified atom stereocenters. The smallest absolute Gasteiger partial charge is 0.149 e. The summed E-state index contributed by atoms with van der Waals surface area (Å²) in [6.45, 7) is 2.87. The van der Waals surface area contributed by atoms with Gasteiger partial charge in [0.05, 0.1) is 5.69 Å². The maximum atomic E-state index is 9.06. The third kappa shape index (κ3) is 2.74. The number of allylic oxidation sites excluding steroid dienone is 2. The van der Waals surface area contributed by atoms with Gasteiger partial charge in [0.1, 0.15) is 29.4 Å². The van der Waals surface area contributed by atoms with Crippen molar-refractivity contribution >= 4 is 5.57 Å². The van der Waals surface area contributed by atoms with E-state index in [9.17, 15) is 0 Å². The average Bonchev–Trinajstić information content (AvgIpc) is 2.81. The van der Waals surface area contributed by atoms with Crippen LogP contribution < -0.4 is 0 Å². The fourth-order valence-electron chi connectivity index (χ4n) is 1.54. The van der Waals surface area contributed by atoms with Crippen molar-refractivity contribution < 1.29 is 0 Å². The molecule has 17 heavy (non-hydrogen) atoms. The normalized spacial score (nSPS) is 8.82. The van der Waals surface area contributed by atoms with Gasteiger partial charge in [0, 0.05) is 12.7 Å².